The van der Waals surface area contributed by atoms with Crippen LogP contribution in [-0.2, 0) is 10.1 Å². The molecule has 92 heavy (non-hydrogen) atoms. The summed E-state index contributed by atoms with van der Waals surface area (Å²) in [4.78, 5) is 16.9. The standard InChI is InChI=1S/C39H47N3.C33H39N3.C10H14O3S/c1-5-41(6-2)33-19-15-29(16-20-33)39(30-17-21-34(22-18-30)42(7-3)8-4)37-23-24-38(36-12-10-9-11-35(36)37)40-27-32-26-28-13-14-31(32)25-28;1-6-34-32-24-23-31(29-13-11-12-14-30(29)32)33(25-15-19-27(20-16-25)35(7-2)8-3)26-17-21-28(22-18-26)36(9-4)10-5;1-3-8(2)9-4-6-10(7-5-9)14(11,12)13/h9-12,15-24,28,31-32H,5-8,13-14,25-27H2,1-4H3;11-24H,6-10H2,1-5H3;4-8H,3H2,1-2H3,(H,11,12,13)/p+1. The van der Waals surface area contributed by atoms with Gasteiger partial charge in [0.1, 0.15) is 23.2 Å². The van der Waals surface area contributed by atoms with Crippen molar-refractivity contribution in [1.29, 1.82) is 0 Å². The van der Waals surface area contributed by atoms with Crippen molar-refractivity contribution < 1.29 is 23.0 Å². The van der Waals surface area contributed by atoms with E-state index in [1.54, 1.807) is 12.1 Å². The van der Waals surface area contributed by atoms with Gasteiger partial charge in [-0.1, -0.05) is 117 Å². The van der Waals surface area contributed by atoms with E-state index in [1.165, 1.54) is 139 Å². The largest absolute Gasteiger partial charge is 0.744 e. The van der Waals surface area contributed by atoms with Crippen molar-refractivity contribution in [3.63, 3.8) is 0 Å². The highest BCUT2D eigenvalue weighted by atomic mass is 32.2. The highest BCUT2D eigenvalue weighted by Crippen LogP contribution is 2.48. The summed E-state index contributed by atoms with van der Waals surface area (Å²) >= 11 is 0. The lowest BCUT2D eigenvalue weighted by atomic mass is 9.83. The molecule has 2 bridgehead atoms. The molecule has 9 nitrogen and oxygen atoms in total. The Morgan fingerprint density at radius 2 is 0.804 bits per heavy atom. The molecule has 0 heterocycles. The van der Waals surface area contributed by atoms with Gasteiger partial charge in [-0.05, 0) is 252 Å². The van der Waals surface area contributed by atoms with Crippen molar-refractivity contribution in [1.82, 2.24) is 0 Å². The van der Waals surface area contributed by atoms with Gasteiger partial charge in [-0.3, -0.25) is 0 Å². The van der Waals surface area contributed by atoms with Crippen LogP contribution in [0.5, 0.6) is 0 Å². The first-order valence-corrected chi connectivity index (χ1v) is 35.9. The second-order valence-electron chi connectivity index (χ2n) is 24.7. The highest BCUT2D eigenvalue weighted by molar-refractivity contribution is 7.85. The van der Waals surface area contributed by atoms with Crippen LogP contribution in [0.15, 0.2) is 199 Å². The first-order valence-electron chi connectivity index (χ1n) is 34.5. The van der Waals surface area contributed by atoms with Gasteiger partial charge in [0.15, 0.2) is 0 Å². The molecule has 4 unspecified atom stereocenters. The molecule has 0 saturated heterocycles. The average Bonchev–Trinajstić information content (AvgIpc) is 1.23. The van der Waals surface area contributed by atoms with E-state index in [0.29, 0.717) is 5.92 Å². The van der Waals surface area contributed by atoms with E-state index in [-0.39, 0.29) is 4.90 Å². The number of benzene rings is 7. The van der Waals surface area contributed by atoms with Crippen LogP contribution in [0.2, 0.25) is 0 Å². The van der Waals surface area contributed by atoms with Gasteiger partial charge in [0.2, 0.25) is 11.4 Å². The Balaban J connectivity index is 0.000000182. The van der Waals surface area contributed by atoms with Crippen molar-refractivity contribution in [3.05, 3.63) is 244 Å². The maximum absolute atomic E-state index is 10.6. The number of anilines is 4. The molecule has 0 aromatic heterocycles. The van der Waals surface area contributed by atoms with E-state index >= 15 is 0 Å². The molecule has 482 valence electrons. The summed E-state index contributed by atoms with van der Waals surface area (Å²) in [5.74, 6) is 3.14. The highest BCUT2D eigenvalue weighted by Gasteiger charge is 2.41. The molecule has 4 atom stereocenters. The normalized spacial score (nSPS) is 17.3. The minimum Gasteiger partial charge on any atom is -0.744 e. The van der Waals surface area contributed by atoms with Gasteiger partial charge in [0.25, 0.3) is 0 Å². The molecule has 4 aliphatic rings. The zero-order valence-corrected chi connectivity index (χ0v) is 57.6. The smallest absolute Gasteiger partial charge is 0.206 e. The molecule has 2 fully saturated rings. The number of rotatable bonds is 22. The number of fused-ring (bicyclic) bond motifs is 4. The molecule has 10 heteroatoms. The summed E-state index contributed by atoms with van der Waals surface area (Å²) in [6.07, 6.45) is 16.0. The molecule has 0 radical (unpaired) electrons. The minimum absolute atomic E-state index is 0.162. The van der Waals surface area contributed by atoms with Crippen molar-refractivity contribution in [2.45, 2.75) is 119 Å². The third-order valence-corrected chi connectivity index (χ3v) is 20.5. The Morgan fingerprint density at radius 1 is 0.446 bits per heavy atom. The molecule has 2 saturated carbocycles. The fourth-order valence-corrected chi connectivity index (χ4v) is 14.7. The summed E-state index contributed by atoms with van der Waals surface area (Å²) in [7, 11) is -4.30. The maximum Gasteiger partial charge on any atom is 0.206 e. The molecule has 11 rings (SSSR count). The van der Waals surface area contributed by atoms with Crippen LogP contribution >= 0.6 is 0 Å². The Labute approximate surface area is 552 Å². The van der Waals surface area contributed by atoms with Crippen LogP contribution in [0.25, 0.3) is 22.3 Å². The summed E-state index contributed by atoms with van der Waals surface area (Å²) < 4.78 is 31.9. The zero-order valence-electron chi connectivity index (χ0n) is 56.8. The lowest BCUT2D eigenvalue weighted by molar-refractivity contribution is -0.466. The minimum atomic E-state index is -4.30. The van der Waals surface area contributed by atoms with E-state index in [4.69, 9.17) is 0 Å². The Kier molecular flexibility index (Phi) is 24.1. The number of nitrogens with one attached hydrogen (secondary N) is 2. The number of hydrogen-bond donors (Lipinski definition) is 2. The lowest BCUT2D eigenvalue weighted by Gasteiger charge is -2.24. The van der Waals surface area contributed by atoms with Gasteiger partial charge < -0.3 is 24.2 Å². The third kappa shape index (κ3) is 16.0. The Morgan fingerprint density at radius 3 is 1.11 bits per heavy atom. The first-order chi connectivity index (χ1) is 44.7. The third-order valence-electron chi connectivity index (χ3n) is 19.7. The quantitative estimate of drug-likeness (QED) is 0.0653. The molecule has 7 aromatic rings. The molecule has 0 spiro atoms. The summed E-state index contributed by atoms with van der Waals surface area (Å²) in [6, 6.07) is 60.5. The first kappa shape index (κ1) is 68.3. The molecular formula is C82H101N6O3S+. The van der Waals surface area contributed by atoms with Crippen molar-refractivity contribution in [2.75, 3.05) is 85.0 Å². The van der Waals surface area contributed by atoms with Gasteiger partial charge in [-0.15, -0.1) is 0 Å². The fraction of sp³-hybridized carbons (Fsp3) is 0.366. The van der Waals surface area contributed by atoms with E-state index < -0.39 is 10.1 Å². The summed E-state index contributed by atoms with van der Waals surface area (Å²) in [5, 5.41) is 0. The molecule has 4 aliphatic carbocycles. The van der Waals surface area contributed by atoms with E-state index in [9.17, 15) is 13.0 Å². The van der Waals surface area contributed by atoms with E-state index in [0.717, 1.165) is 95.2 Å². The maximum atomic E-state index is 10.6. The van der Waals surface area contributed by atoms with Crippen LogP contribution in [0.4, 0.5) is 22.7 Å². The average molecular weight is 1250 g/mol. The van der Waals surface area contributed by atoms with Gasteiger partial charge in [-0.2, -0.15) is 0 Å². The Hall–Kier alpha value is -8.05. The second kappa shape index (κ2) is 32.5. The van der Waals surface area contributed by atoms with Crippen LogP contribution in [-0.4, -0.2) is 89.8 Å². The summed E-state index contributed by atoms with van der Waals surface area (Å²) in [6.45, 7) is 34.1. The van der Waals surface area contributed by atoms with Crippen molar-refractivity contribution in [3.8, 4) is 0 Å². The van der Waals surface area contributed by atoms with Crippen molar-refractivity contribution in [2.24, 2.45) is 17.8 Å². The monoisotopic (exact) mass is 1250 g/mol. The predicted molar refractivity (Wildman–Crippen MR) is 391 cm³/mol. The molecule has 0 amide bonds. The zero-order chi connectivity index (χ0) is 65.3. The summed E-state index contributed by atoms with van der Waals surface area (Å²) in [5.41, 5.74) is 23.9. The SMILES string of the molecule is CCC(C)c1ccc(S(=O)(=O)[O-])cc1.CCN(CC)c1ccc(C(=C2C=CC(=[NH+]CC3CC4CCC3C4)c3ccccc32)c2ccc(N(CC)CC)cc2)cc1.CC[NH+]=C1C=CC(=C(c2ccc(N(CC)CC)cc2)c2ccc(N(CC)CC)cc2)c2ccccc21. The van der Waals surface area contributed by atoms with Crippen LogP contribution in [0.1, 0.15) is 164 Å². The number of hydrogen-bond acceptors (Lipinski definition) is 7. The van der Waals surface area contributed by atoms with Gasteiger partial charge in [0.05, 0.1) is 16.0 Å². The van der Waals surface area contributed by atoms with Crippen LogP contribution < -0.4 is 29.6 Å². The van der Waals surface area contributed by atoms with Gasteiger partial charge >= 0.3 is 0 Å². The predicted octanol–water partition coefficient (Wildman–Crippen LogP) is 15.1. The second-order valence-corrected chi connectivity index (χ2v) is 26.1. The molecule has 0 aliphatic heterocycles. The van der Waals surface area contributed by atoms with Crippen LogP contribution in [0.3, 0.4) is 0 Å². The van der Waals surface area contributed by atoms with Gasteiger partial charge in [0, 0.05) is 93.2 Å². The van der Waals surface area contributed by atoms with Gasteiger partial charge in [-0.25, -0.2) is 18.4 Å². The fourth-order valence-electron chi connectivity index (χ4n) is 14.3. The molecule has 2 N–H and O–H groups in total. The van der Waals surface area contributed by atoms with E-state index in [1.807, 2.05) is 0 Å². The van der Waals surface area contributed by atoms with Crippen molar-refractivity contribution >= 4 is 66.6 Å². The van der Waals surface area contributed by atoms with Crippen LogP contribution in [0, 0.1) is 17.8 Å². The number of allylic oxidation sites excluding steroid dienone is 6. The molecule has 7 aromatic carbocycles. The molecular weight excluding hydrogens is 1150 g/mol. The topological polar surface area (TPSA) is 98.1 Å². The van der Waals surface area contributed by atoms with E-state index in [2.05, 4.69) is 276 Å². The number of nitrogens with zero attached hydrogens (tertiary/aromatic N) is 4. The lowest BCUT2D eigenvalue weighted by Crippen LogP contribution is -2.75. The Bertz CT molecular complexity index is 3730.